The number of nitrogens with zero attached hydrogens (tertiary/aromatic N) is 1. The molecule has 1 aromatic rings. The van der Waals surface area contributed by atoms with Crippen LogP contribution in [0.4, 0.5) is 0 Å². The van der Waals surface area contributed by atoms with Crippen LogP contribution in [0.1, 0.15) is 24.5 Å². The molecule has 5 nitrogen and oxygen atoms in total. The molecule has 0 saturated carbocycles. The maximum Gasteiger partial charge on any atom is 0.191 e. The van der Waals surface area contributed by atoms with E-state index in [0.29, 0.717) is 11.4 Å². The number of sulfone groups is 1. The van der Waals surface area contributed by atoms with Gasteiger partial charge >= 0.3 is 0 Å². The molecular weight excluding hydrogens is 425 g/mol. The van der Waals surface area contributed by atoms with Crippen molar-refractivity contribution >= 4 is 39.8 Å². The highest BCUT2D eigenvalue weighted by atomic mass is 127. The number of guanidine groups is 1. The van der Waals surface area contributed by atoms with Crippen molar-refractivity contribution in [3.63, 3.8) is 0 Å². The molecule has 0 aliphatic heterocycles. The van der Waals surface area contributed by atoms with Crippen LogP contribution in [0.5, 0.6) is 0 Å². The lowest BCUT2D eigenvalue weighted by molar-refractivity contribution is 0.601. The summed E-state index contributed by atoms with van der Waals surface area (Å²) < 4.78 is 23.2. The lowest BCUT2D eigenvalue weighted by atomic mass is 10.1. The highest BCUT2D eigenvalue weighted by Crippen LogP contribution is 2.16. The molecule has 0 aliphatic carbocycles. The molecule has 0 aromatic heterocycles. The van der Waals surface area contributed by atoms with Crippen LogP contribution in [0.15, 0.2) is 40.2 Å². The van der Waals surface area contributed by atoms with Gasteiger partial charge in [0.05, 0.1) is 4.90 Å². The van der Waals surface area contributed by atoms with Crippen LogP contribution in [-0.2, 0) is 16.4 Å². The van der Waals surface area contributed by atoms with Gasteiger partial charge in [0.15, 0.2) is 15.8 Å². The quantitative estimate of drug-likeness (QED) is 0.230. The molecule has 0 amide bonds. The second-order valence-electron chi connectivity index (χ2n) is 5.08. The number of nitrogens with one attached hydrogen (secondary N) is 2. The topological polar surface area (TPSA) is 70.6 Å². The Morgan fingerprint density at radius 1 is 1.30 bits per heavy atom. The van der Waals surface area contributed by atoms with E-state index in [0.717, 1.165) is 30.1 Å². The Labute approximate surface area is 156 Å². The van der Waals surface area contributed by atoms with Gasteiger partial charge in [0.1, 0.15) is 0 Å². The van der Waals surface area contributed by atoms with Crippen LogP contribution in [-0.4, -0.2) is 34.2 Å². The average molecular weight is 451 g/mol. The van der Waals surface area contributed by atoms with E-state index in [-0.39, 0.29) is 24.0 Å². The molecule has 7 heteroatoms. The lowest BCUT2D eigenvalue weighted by Gasteiger charge is -2.12. The molecule has 0 saturated heterocycles. The summed E-state index contributed by atoms with van der Waals surface area (Å²) in [7, 11) is -1.44. The SMILES string of the molecule is C/C=C/CCNC(=NC)NCc1ccc(S(C)(=O)=O)c(C)c1.I. The van der Waals surface area contributed by atoms with E-state index in [1.807, 2.05) is 32.1 Å². The molecule has 0 aliphatic rings. The van der Waals surface area contributed by atoms with Crippen LogP contribution in [0.25, 0.3) is 0 Å². The van der Waals surface area contributed by atoms with Crippen LogP contribution in [0.3, 0.4) is 0 Å². The Morgan fingerprint density at radius 3 is 2.52 bits per heavy atom. The summed E-state index contributed by atoms with van der Waals surface area (Å²) in [4.78, 5) is 4.53. The third-order valence-electron chi connectivity index (χ3n) is 3.16. The number of aliphatic imine (C=N–C) groups is 1. The van der Waals surface area contributed by atoms with Crippen molar-refractivity contribution in [1.29, 1.82) is 0 Å². The second-order valence-corrected chi connectivity index (χ2v) is 7.07. The van der Waals surface area contributed by atoms with Gasteiger partial charge in [0, 0.05) is 26.4 Å². The Morgan fingerprint density at radius 2 is 2.00 bits per heavy atom. The monoisotopic (exact) mass is 451 g/mol. The van der Waals surface area contributed by atoms with Crippen molar-refractivity contribution in [2.24, 2.45) is 4.99 Å². The van der Waals surface area contributed by atoms with Gasteiger partial charge < -0.3 is 10.6 Å². The fourth-order valence-electron chi connectivity index (χ4n) is 2.08. The first kappa shape index (κ1) is 21.9. The van der Waals surface area contributed by atoms with Gasteiger partial charge in [-0.2, -0.15) is 0 Å². The first-order valence-corrected chi connectivity index (χ1v) is 9.13. The first-order valence-electron chi connectivity index (χ1n) is 7.23. The maximum atomic E-state index is 11.6. The van der Waals surface area contributed by atoms with Crippen LogP contribution >= 0.6 is 24.0 Å². The summed E-state index contributed by atoms with van der Waals surface area (Å²) in [6, 6.07) is 5.36. The molecule has 0 heterocycles. The zero-order valence-corrected chi connectivity index (χ0v) is 17.2. The van der Waals surface area contributed by atoms with Crippen molar-refractivity contribution in [2.75, 3.05) is 19.8 Å². The van der Waals surface area contributed by atoms with Gasteiger partial charge in [-0.05, 0) is 37.5 Å². The van der Waals surface area contributed by atoms with Gasteiger partial charge in [-0.15, -0.1) is 24.0 Å². The Balaban J connectivity index is 0.00000484. The van der Waals surface area contributed by atoms with E-state index in [2.05, 4.69) is 21.7 Å². The summed E-state index contributed by atoms with van der Waals surface area (Å²) >= 11 is 0. The van der Waals surface area contributed by atoms with E-state index < -0.39 is 9.84 Å². The van der Waals surface area contributed by atoms with Gasteiger partial charge in [-0.3, -0.25) is 4.99 Å². The summed E-state index contributed by atoms with van der Waals surface area (Å²) in [5.74, 6) is 0.731. The number of hydrogen-bond donors (Lipinski definition) is 2. The van der Waals surface area contributed by atoms with Gasteiger partial charge in [-0.1, -0.05) is 24.3 Å². The highest BCUT2D eigenvalue weighted by Gasteiger charge is 2.10. The molecular formula is C16H26IN3O2S. The second kappa shape index (κ2) is 10.6. The number of allylic oxidation sites excluding steroid dienone is 1. The zero-order valence-electron chi connectivity index (χ0n) is 14.1. The van der Waals surface area contributed by atoms with E-state index in [1.54, 1.807) is 13.1 Å². The normalized spacial score (nSPS) is 12.1. The third-order valence-corrected chi connectivity index (χ3v) is 4.42. The van der Waals surface area contributed by atoms with Crippen molar-refractivity contribution in [3.8, 4) is 0 Å². The van der Waals surface area contributed by atoms with Gasteiger partial charge in [0.2, 0.25) is 0 Å². The van der Waals surface area contributed by atoms with E-state index in [4.69, 9.17) is 0 Å². The first-order chi connectivity index (χ1) is 10.4. The fraction of sp³-hybridized carbons (Fsp3) is 0.438. The summed E-state index contributed by atoms with van der Waals surface area (Å²) in [6.45, 7) is 5.21. The van der Waals surface area contributed by atoms with E-state index >= 15 is 0 Å². The number of hydrogen-bond acceptors (Lipinski definition) is 3. The number of rotatable bonds is 6. The Hall–Kier alpha value is -1.09. The van der Waals surface area contributed by atoms with Crippen LogP contribution in [0.2, 0.25) is 0 Å². The molecule has 130 valence electrons. The fourth-order valence-corrected chi connectivity index (χ4v) is 3.04. The molecule has 23 heavy (non-hydrogen) atoms. The van der Waals surface area contributed by atoms with Crippen molar-refractivity contribution in [3.05, 3.63) is 41.5 Å². The maximum absolute atomic E-state index is 11.6. The van der Waals surface area contributed by atoms with Crippen LogP contribution in [0, 0.1) is 6.92 Å². The van der Waals surface area contributed by atoms with Crippen molar-refractivity contribution in [2.45, 2.75) is 31.7 Å². The molecule has 0 unspecified atom stereocenters. The van der Waals surface area contributed by atoms with Crippen molar-refractivity contribution < 1.29 is 8.42 Å². The minimum absolute atomic E-state index is 0. The molecule has 0 atom stereocenters. The largest absolute Gasteiger partial charge is 0.356 e. The van der Waals surface area contributed by atoms with Gasteiger partial charge in [0.25, 0.3) is 0 Å². The van der Waals surface area contributed by atoms with E-state index in [1.165, 1.54) is 6.26 Å². The molecule has 0 bridgehead atoms. The van der Waals surface area contributed by atoms with Crippen molar-refractivity contribution in [1.82, 2.24) is 10.6 Å². The summed E-state index contributed by atoms with van der Waals surface area (Å²) in [5, 5.41) is 6.43. The smallest absolute Gasteiger partial charge is 0.191 e. The zero-order chi connectivity index (χ0) is 16.6. The van der Waals surface area contributed by atoms with Gasteiger partial charge in [-0.25, -0.2) is 8.42 Å². The molecule has 1 aromatic carbocycles. The predicted octanol–water partition coefficient (Wildman–Crippen LogP) is 2.65. The standard InChI is InChI=1S/C16H25N3O2S.HI/c1-5-6-7-10-18-16(17-3)19-12-14-8-9-15(13(2)11-14)22(4,20)21;/h5-6,8-9,11H,7,10,12H2,1-4H3,(H2,17,18,19);1H/b6-5+;. The number of halogens is 1. The third kappa shape index (κ3) is 7.83. The minimum atomic E-state index is -3.17. The molecule has 2 N–H and O–H groups in total. The highest BCUT2D eigenvalue weighted by molar-refractivity contribution is 14.0. The lowest BCUT2D eigenvalue weighted by Crippen LogP contribution is -2.37. The average Bonchev–Trinajstić information content (AvgIpc) is 2.45. The Bertz CT molecular complexity index is 655. The van der Waals surface area contributed by atoms with Crippen LogP contribution < -0.4 is 10.6 Å². The number of aryl methyl sites for hydroxylation is 1. The summed E-state index contributed by atoms with van der Waals surface area (Å²) in [6.07, 6.45) is 6.28. The molecule has 0 radical (unpaired) electrons. The molecule has 0 spiro atoms. The minimum Gasteiger partial charge on any atom is -0.356 e. The Kier molecular flexibility index (Phi) is 10.1. The molecule has 0 fully saturated rings. The summed E-state index contributed by atoms with van der Waals surface area (Å²) in [5.41, 5.74) is 1.78. The number of benzene rings is 1. The predicted molar refractivity (Wildman–Crippen MR) is 107 cm³/mol. The van der Waals surface area contributed by atoms with E-state index in [9.17, 15) is 8.42 Å². The molecule has 1 rings (SSSR count).